The number of carbonyl (C=O) groups is 2. The molecule has 0 spiro atoms. The Hall–Kier alpha value is -2.51. The molecule has 9 heteroatoms. The molecule has 0 saturated carbocycles. The zero-order valence-electron chi connectivity index (χ0n) is 17.8. The first-order valence-corrected chi connectivity index (χ1v) is 11.7. The topological polar surface area (TPSA) is 68.8 Å². The monoisotopic (exact) mass is 475 g/mol. The Morgan fingerprint density at radius 3 is 2.34 bits per heavy atom. The minimum absolute atomic E-state index is 0.0353. The zero-order chi connectivity index (χ0) is 22.5. The highest BCUT2D eigenvalue weighted by atomic mass is 35.5. The van der Waals surface area contributed by atoms with E-state index in [1.807, 2.05) is 41.3 Å². The number of aromatic nitrogens is 1. The summed E-state index contributed by atoms with van der Waals surface area (Å²) in [7, 11) is 0. The fourth-order valence-corrected chi connectivity index (χ4v) is 4.53. The Morgan fingerprint density at radius 1 is 0.938 bits per heavy atom. The molecule has 3 heterocycles. The second kappa shape index (κ2) is 10.4. The van der Waals surface area contributed by atoms with Crippen molar-refractivity contribution in [2.24, 2.45) is 5.92 Å². The number of pyridine rings is 1. The number of amides is 2. The minimum atomic E-state index is -0.0778. The summed E-state index contributed by atoms with van der Waals surface area (Å²) < 4.78 is 0. The molecule has 0 aliphatic carbocycles. The molecule has 2 fully saturated rings. The van der Waals surface area contributed by atoms with Gasteiger partial charge in [-0.2, -0.15) is 0 Å². The Bertz CT molecular complexity index is 940. The predicted molar refractivity (Wildman–Crippen MR) is 127 cm³/mol. The van der Waals surface area contributed by atoms with Crippen LogP contribution in [0.15, 0.2) is 42.6 Å². The summed E-state index contributed by atoms with van der Waals surface area (Å²) in [6.45, 7) is 4.32. The predicted octanol–water partition coefficient (Wildman–Crippen LogP) is 3.07. The number of hydrogen-bond donors (Lipinski definition) is 1. The van der Waals surface area contributed by atoms with Crippen molar-refractivity contribution in [3.8, 4) is 0 Å². The first-order valence-electron chi connectivity index (χ1n) is 10.9. The van der Waals surface area contributed by atoms with Gasteiger partial charge in [0.15, 0.2) is 0 Å². The maximum absolute atomic E-state index is 12.6. The highest BCUT2D eigenvalue weighted by Crippen LogP contribution is 2.23. The molecule has 2 aromatic rings. The molecule has 0 atom stereocenters. The van der Waals surface area contributed by atoms with Crippen LogP contribution in [-0.4, -0.2) is 67.5 Å². The molecule has 170 valence electrons. The average molecular weight is 476 g/mol. The highest BCUT2D eigenvalue weighted by molar-refractivity contribution is 6.31. The van der Waals surface area contributed by atoms with Gasteiger partial charge in [0.2, 0.25) is 11.8 Å². The van der Waals surface area contributed by atoms with Crippen LogP contribution < -0.4 is 15.1 Å². The summed E-state index contributed by atoms with van der Waals surface area (Å²) in [5.74, 6) is 0.720. The molecule has 1 aromatic heterocycles. The lowest BCUT2D eigenvalue weighted by Crippen LogP contribution is -2.52. The normalized spacial score (nSPS) is 17.4. The quantitative estimate of drug-likeness (QED) is 0.719. The number of carbonyl (C=O) groups excluding carboxylic acids is 2. The first kappa shape index (κ1) is 22.7. The molecule has 0 unspecified atom stereocenters. The molecule has 0 radical (unpaired) electrons. The van der Waals surface area contributed by atoms with Gasteiger partial charge in [-0.1, -0.05) is 29.3 Å². The number of halogens is 2. The summed E-state index contributed by atoms with van der Waals surface area (Å²) in [4.78, 5) is 35.7. The lowest BCUT2D eigenvalue weighted by atomic mass is 9.96. The van der Waals surface area contributed by atoms with Crippen molar-refractivity contribution in [1.29, 1.82) is 0 Å². The molecule has 1 N–H and O–H groups in total. The molecular formula is C23H27Cl2N5O2. The number of benzene rings is 1. The van der Waals surface area contributed by atoms with Crippen molar-refractivity contribution in [3.05, 3.63) is 52.6 Å². The SMILES string of the molecule is O=C(NCC(=O)N1CCN(c2cccc(Cl)c2)CC1)C1CCN(c2ccc(Cl)cn2)CC1. The largest absolute Gasteiger partial charge is 0.368 e. The van der Waals surface area contributed by atoms with E-state index >= 15 is 0 Å². The molecule has 32 heavy (non-hydrogen) atoms. The van der Waals surface area contributed by atoms with E-state index < -0.39 is 0 Å². The second-order valence-electron chi connectivity index (χ2n) is 8.16. The molecule has 2 saturated heterocycles. The number of piperazine rings is 1. The average Bonchev–Trinajstić information content (AvgIpc) is 2.83. The Balaban J connectivity index is 1.18. The highest BCUT2D eigenvalue weighted by Gasteiger charge is 2.27. The van der Waals surface area contributed by atoms with Crippen molar-refractivity contribution in [1.82, 2.24) is 15.2 Å². The Labute approximate surface area is 198 Å². The number of anilines is 2. The maximum Gasteiger partial charge on any atom is 0.242 e. The summed E-state index contributed by atoms with van der Waals surface area (Å²) in [5.41, 5.74) is 1.07. The van der Waals surface area contributed by atoms with Gasteiger partial charge in [-0.05, 0) is 43.2 Å². The zero-order valence-corrected chi connectivity index (χ0v) is 19.4. The van der Waals surface area contributed by atoms with Crippen molar-refractivity contribution in [2.45, 2.75) is 12.8 Å². The van der Waals surface area contributed by atoms with Crippen LogP contribution >= 0.6 is 23.2 Å². The van der Waals surface area contributed by atoms with E-state index in [1.54, 1.807) is 6.20 Å². The van der Waals surface area contributed by atoms with Gasteiger partial charge < -0.3 is 20.0 Å². The fraction of sp³-hybridized carbons (Fsp3) is 0.435. The van der Waals surface area contributed by atoms with Gasteiger partial charge in [0.1, 0.15) is 5.82 Å². The van der Waals surface area contributed by atoms with E-state index in [9.17, 15) is 9.59 Å². The van der Waals surface area contributed by atoms with Crippen LogP contribution in [0.25, 0.3) is 0 Å². The van der Waals surface area contributed by atoms with E-state index in [0.29, 0.717) is 23.1 Å². The van der Waals surface area contributed by atoms with Gasteiger partial charge in [0.25, 0.3) is 0 Å². The summed E-state index contributed by atoms with van der Waals surface area (Å²) in [6.07, 6.45) is 3.11. The molecule has 0 bridgehead atoms. The minimum Gasteiger partial charge on any atom is -0.368 e. The van der Waals surface area contributed by atoms with Crippen LogP contribution in [0.3, 0.4) is 0 Å². The molecular weight excluding hydrogens is 449 g/mol. The van der Waals surface area contributed by atoms with Gasteiger partial charge in [0, 0.05) is 62.1 Å². The van der Waals surface area contributed by atoms with Crippen LogP contribution in [0.4, 0.5) is 11.5 Å². The molecule has 4 rings (SSSR count). The third-order valence-corrected chi connectivity index (χ3v) is 6.58. The van der Waals surface area contributed by atoms with E-state index in [2.05, 4.69) is 20.1 Å². The number of hydrogen-bond acceptors (Lipinski definition) is 5. The lowest BCUT2D eigenvalue weighted by Gasteiger charge is -2.36. The molecule has 7 nitrogen and oxygen atoms in total. The first-order chi connectivity index (χ1) is 15.5. The number of rotatable bonds is 5. The summed E-state index contributed by atoms with van der Waals surface area (Å²) in [5, 5.41) is 4.17. The Morgan fingerprint density at radius 2 is 1.69 bits per heavy atom. The van der Waals surface area contributed by atoms with Crippen molar-refractivity contribution in [2.75, 3.05) is 55.6 Å². The van der Waals surface area contributed by atoms with Crippen molar-refractivity contribution < 1.29 is 9.59 Å². The summed E-state index contributed by atoms with van der Waals surface area (Å²) in [6, 6.07) is 11.5. The van der Waals surface area contributed by atoms with E-state index in [-0.39, 0.29) is 24.3 Å². The van der Waals surface area contributed by atoms with Crippen LogP contribution in [-0.2, 0) is 9.59 Å². The third-order valence-electron chi connectivity index (χ3n) is 6.12. The Kier molecular flexibility index (Phi) is 7.37. The maximum atomic E-state index is 12.6. The number of nitrogens with zero attached hydrogens (tertiary/aromatic N) is 4. The van der Waals surface area contributed by atoms with Crippen LogP contribution in [0.2, 0.25) is 10.0 Å². The van der Waals surface area contributed by atoms with Gasteiger partial charge in [-0.15, -0.1) is 0 Å². The van der Waals surface area contributed by atoms with Gasteiger partial charge >= 0.3 is 0 Å². The second-order valence-corrected chi connectivity index (χ2v) is 9.03. The van der Waals surface area contributed by atoms with E-state index in [0.717, 1.165) is 50.5 Å². The molecule has 2 aliphatic rings. The number of nitrogens with one attached hydrogen (secondary N) is 1. The summed E-state index contributed by atoms with van der Waals surface area (Å²) >= 11 is 12.0. The van der Waals surface area contributed by atoms with Gasteiger partial charge in [-0.25, -0.2) is 4.98 Å². The van der Waals surface area contributed by atoms with Crippen LogP contribution in [0.5, 0.6) is 0 Å². The van der Waals surface area contributed by atoms with Crippen LogP contribution in [0.1, 0.15) is 12.8 Å². The third kappa shape index (κ3) is 5.64. The molecule has 2 aliphatic heterocycles. The van der Waals surface area contributed by atoms with Crippen molar-refractivity contribution >= 4 is 46.5 Å². The fourth-order valence-electron chi connectivity index (χ4n) is 4.23. The standard InChI is InChI=1S/C23H27Cl2N5O2/c24-18-2-1-3-20(14-18)28-10-12-30(13-11-28)22(31)16-27-23(32)17-6-8-29(9-7-17)21-5-4-19(25)15-26-21/h1-5,14-15,17H,6-13,16H2,(H,27,32). The van der Waals surface area contributed by atoms with E-state index in [4.69, 9.17) is 23.2 Å². The van der Waals surface area contributed by atoms with Gasteiger partial charge in [0.05, 0.1) is 11.6 Å². The number of piperidine rings is 1. The van der Waals surface area contributed by atoms with Crippen LogP contribution in [0, 0.1) is 5.92 Å². The van der Waals surface area contributed by atoms with Gasteiger partial charge in [-0.3, -0.25) is 9.59 Å². The smallest absolute Gasteiger partial charge is 0.242 e. The molecule has 1 aromatic carbocycles. The lowest BCUT2D eigenvalue weighted by molar-refractivity contribution is -0.134. The molecule has 2 amide bonds. The van der Waals surface area contributed by atoms with E-state index in [1.165, 1.54) is 0 Å². The van der Waals surface area contributed by atoms with Crippen molar-refractivity contribution in [3.63, 3.8) is 0 Å².